The Hall–Kier alpha value is -2.18. The molecule has 0 spiro atoms. The van der Waals surface area contributed by atoms with Crippen molar-refractivity contribution >= 4 is 33.4 Å². The van der Waals surface area contributed by atoms with Crippen molar-refractivity contribution in [2.45, 2.75) is 5.16 Å². The second kappa shape index (κ2) is 6.07. The van der Waals surface area contributed by atoms with E-state index in [1.54, 1.807) is 18.4 Å². The molecule has 1 N–H and O–H groups in total. The normalized spacial score (nSPS) is 10.1. The van der Waals surface area contributed by atoms with Crippen molar-refractivity contribution < 1.29 is 4.92 Å². The molecule has 1 aromatic heterocycles. The number of rotatable bonds is 3. The van der Waals surface area contributed by atoms with Crippen LogP contribution in [0.4, 0.5) is 5.69 Å². The molecule has 0 bridgehead atoms. The van der Waals surface area contributed by atoms with Crippen LogP contribution in [0.2, 0.25) is 0 Å². The molecule has 1 heterocycles. The van der Waals surface area contributed by atoms with E-state index in [1.807, 2.05) is 0 Å². The molecule has 9 heteroatoms. The van der Waals surface area contributed by atoms with Gasteiger partial charge in [0.25, 0.3) is 11.2 Å². The number of nitro groups is 1. The van der Waals surface area contributed by atoms with Gasteiger partial charge in [0, 0.05) is 11.6 Å². The van der Waals surface area contributed by atoms with Crippen LogP contribution in [0.1, 0.15) is 5.56 Å². The molecule has 21 heavy (non-hydrogen) atoms. The number of hydrogen-bond acceptors (Lipinski definition) is 6. The summed E-state index contributed by atoms with van der Waals surface area (Å²) in [4.78, 5) is 28.9. The van der Waals surface area contributed by atoms with E-state index >= 15 is 0 Å². The molecule has 0 aliphatic heterocycles. The highest BCUT2D eigenvalue weighted by atomic mass is 79.9. The fraction of sp³-hybridized carbons (Fsp3) is 0.0833. The number of halogens is 1. The predicted octanol–water partition coefficient (Wildman–Crippen LogP) is 2.70. The average molecular weight is 367 g/mol. The van der Waals surface area contributed by atoms with Crippen molar-refractivity contribution in [1.29, 1.82) is 5.26 Å². The van der Waals surface area contributed by atoms with Crippen LogP contribution in [0.15, 0.2) is 32.6 Å². The zero-order valence-corrected chi connectivity index (χ0v) is 13.0. The number of benzene rings is 1. The molecule has 1 aromatic carbocycles. The predicted molar refractivity (Wildman–Crippen MR) is 81.1 cm³/mol. The highest BCUT2D eigenvalue weighted by Crippen LogP contribution is 2.30. The molecule has 0 amide bonds. The van der Waals surface area contributed by atoms with Gasteiger partial charge < -0.3 is 4.98 Å². The molecule has 2 rings (SSSR count). The standard InChI is InChI=1S/C12H7BrN4O3S/c1-21-12-15-10(7(5-14)11(18)16-12)6-2-3-8(13)9(4-6)17(19)20/h2-4H,1H3,(H,15,16,18). The number of nitrogens with one attached hydrogen (secondary N) is 1. The van der Waals surface area contributed by atoms with Gasteiger partial charge in [0.2, 0.25) is 0 Å². The van der Waals surface area contributed by atoms with Gasteiger partial charge in [-0.3, -0.25) is 14.9 Å². The van der Waals surface area contributed by atoms with Crippen LogP contribution in [0.5, 0.6) is 0 Å². The SMILES string of the molecule is CSc1nc(-c2ccc(Br)c([N+](=O)[O-])c2)c(C#N)c(=O)[nH]1. The van der Waals surface area contributed by atoms with Crippen LogP contribution in [0.3, 0.4) is 0 Å². The van der Waals surface area contributed by atoms with Crippen LogP contribution in [-0.4, -0.2) is 21.1 Å². The summed E-state index contributed by atoms with van der Waals surface area (Å²) in [5.41, 5.74) is -0.449. The van der Waals surface area contributed by atoms with E-state index in [-0.39, 0.29) is 16.9 Å². The molecule has 0 aliphatic rings. The molecule has 2 aromatic rings. The summed E-state index contributed by atoms with van der Waals surface area (Å²) < 4.78 is 0.310. The minimum absolute atomic E-state index is 0.126. The third kappa shape index (κ3) is 2.96. The first-order valence-corrected chi connectivity index (χ1v) is 7.52. The Bertz CT molecular complexity index is 828. The highest BCUT2D eigenvalue weighted by Gasteiger charge is 2.18. The molecule has 0 radical (unpaired) electrons. The van der Waals surface area contributed by atoms with E-state index < -0.39 is 10.5 Å². The van der Waals surface area contributed by atoms with Crippen LogP contribution < -0.4 is 5.56 Å². The molecule has 0 atom stereocenters. The average Bonchev–Trinajstić information content (AvgIpc) is 2.46. The molecule has 0 saturated heterocycles. The van der Waals surface area contributed by atoms with Crippen LogP contribution in [0.25, 0.3) is 11.3 Å². The maximum atomic E-state index is 11.8. The Labute approximate surface area is 131 Å². The van der Waals surface area contributed by atoms with Crippen molar-refractivity contribution in [1.82, 2.24) is 9.97 Å². The lowest BCUT2D eigenvalue weighted by molar-refractivity contribution is -0.385. The third-order valence-electron chi connectivity index (χ3n) is 2.62. The second-order valence-corrected chi connectivity index (χ2v) is 5.48. The van der Waals surface area contributed by atoms with Gasteiger partial charge in [-0.25, -0.2) is 4.98 Å². The van der Waals surface area contributed by atoms with Gasteiger partial charge in [-0.1, -0.05) is 17.8 Å². The minimum atomic E-state index is -0.572. The van der Waals surface area contributed by atoms with Crippen LogP contribution in [-0.2, 0) is 0 Å². The number of H-pyrrole nitrogens is 1. The van der Waals surface area contributed by atoms with Crippen LogP contribution in [0, 0.1) is 21.4 Å². The number of aromatic amines is 1. The van der Waals surface area contributed by atoms with E-state index in [2.05, 4.69) is 25.9 Å². The van der Waals surface area contributed by atoms with Gasteiger partial charge in [-0.05, 0) is 28.3 Å². The molecule has 7 nitrogen and oxygen atoms in total. The Balaban J connectivity index is 2.75. The number of aromatic nitrogens is 2. The summed E-state index contributed by atoms with van der Waals surface area (Å²) in [6.45, 7) is 0. The number of nitrogens with zero attached hydrogens (tertiary/aromatic N) is 3. The number of nitriles is 1. The maximum absolute atomic E-state index is 11.8. The van der Waals surface area contributed by atoms with E-state index in [4.69, 9.17) is 5.26 Å². The van der Waals surface area contributed by atoms with Crippen molar-refractivity contribution in [3.05, 3.63) is 48.7 Å². The summed E-state index contributed by atoms with van der Waals surface area (Å²) in [5.74, 6) is 0. The Morgan fingerprint density at radius 2 is 2.24 bits per heavy atom. The van der Waals surface area contributed by atoms with Crippen molar-refractivity contribution in [2.75, 3.05) is 6.26 Å². The van der Waals surface area contributed by atoms with Crippen molar-refractivity contribution in [3.8, 4) is 17.3 Å². The summed E-state index contributed by atoms with van der Waals surface area (Å²) in [6, 6.07) is 6.10. The molecular formula is C12H7BrN4O3S. The van der Waals surface area contributed by atoms with Gasteiger partial charge in [0.15, 0.2) is 5.16 Å². The van der Waals surface area contributed by atoms with Gasteiger partial charge >= 0.3 is 0 Å². The molecule has 106 valence electrons. The first kappa shape index (κ1) is 15.2. The van der Waals surface area contributed by atoms with E-state index in [9.17, 15) is 14.9 Å². The molecule has 0 aliphatic carbocycles. The highest BCUT2D eigenvalue weighted by molar-refractivity contribution is 9.10. The minimum Gasteiger partial charge on any atom is -0.300 e. The number of thioether (sulfide) groups is 1. The van der Waals surface area contributed by atoms with Gasteiger partial charge in [-0.2, -0.15) is 5.26 Å². The maximum Gasteiger partial charge on any atom is 0.284 e. The molecule has 0 fully saturated rings. The first-order valence-electron chi connectivity index (χ1n) is 5.50. The fourth-order valence-electron chi connectivity index (χ4n) is 1.66. The fourth-order valence-corrected chi connectivity index (χ4v) is 2.43. The summed E-state index contributed by atoms with van der Waals surface area (Å²) in [6.07, 6.45) is 1.72. The number of nitro benzene ring substituents is 1. The zero-order valence-electron chi connectivity index (χ0n) is 10.6. The van der Waals surface area contributed by atoms with Gasteiger partial charge in [0.05, 0.1) is 15.1 Å². The molecular weight excluding hydrogens is 360 g/mol. The topological polar surface area (TPSA) is 113 Å². The lowest BCUT2D eigenvalue weighted by Crippen LogP contribution is -2.14. The quantitative estimate of drug-likeness (QED) is 0.386. The summed E-state index contributed by atoms with van der Waals surface area (Å²) in [7, 11) is 0. The second-order valence-electron chi connectivity index (χ2n) is 3.83. The lowest BCUT2D eigenvalue weighted by atomic mass is 10.1. The zero-order chi connectivity index (χ0) is 15.6. The Morgan fingerprint density at radius 1 is 1.52 bits per heavy atom. The van der Waals surface area contributed by atoms with Crippen molar-refractivity contribution in [2.24, 2.45) is 0 Å². The largest absolute Gasteiger partial charge is 0.300 e. The van der Waals surface area contributed by atoms with E-state index in [1.165, 1.54) is 23.9 Å². The smallest absolute Gasteiger partial charge is 0.284 e. The third-order valence-corrected chi connectivity index (χ3v) is 3.87. The Morgan fingerprint density at radius 3 is 2.81 bits per heavy atom. The van der Waals surface area contributed by atoms with Gasteiger partial charge in [-0.15, -0.1) is 0 Å². The Kier molecular flexibility index (Phi) is 4.40. The van der Waals surface area contributed by atoms with Crippen LogP contribution >= 0.6 is 27.7 Å². The monoisotopic (exact) mass is 366 g/mol. The molecule has 0 unspecified atom stereocenters. The summed E-state index contributed by atoms with van der Waals surface area (Å²) in [5, 5.41) is 20.4. The first-order chi connectivity index (χ1) is 9.97. The van der Waals surface area contributed by atoms with E-state index in [0.29, 0.717) is 15.2 Å². The lowest BCUT2D eigenvalue weighted by Gasteiger charge is -2.05. The van der Waals surface area contributed by atoms with Crippen molar-refractivity contribution in [3.63, 3.8) is 0 Å². The molecule has 0 saturated carbocycles. The van der Waals surface area contributed by atoms with Gasteiger partial charge in [0.1, 0.15) is 11.6 Å². The number of hydrogen-bond donors (Lipinski definition) is 1. The van der Waals surface area contributed by atoms with E-state index in [0.717, 1.165) is 0 Å². The summed E-state index contributed by atoms with van der Waals surface area (Å²) >= 11 is 4.29.